The van der Waals surface area contributed by atoms with Gasteiger partial charge >= 0.3 is 5.97 Å². The fourth-order valence-corrected chi connectivity index (χ4v) is 3.27. The van der Waals surface area contributed by atoms with Crippen LogP contribution in [0.4, 0.5) is 0 Å². The van der Waals surface area contributed by atoms with E-state index in [1.165, 1.54) is 24.3 Å². The Labute approximate surface area is 173 Å². The van der Waals surface area contributed by atoms with Gasteiger partial charge in [0.2, 0.25) is 17.7 Å². The quantitative estimate of drug-likeness (QED) is 0.255. The van der Waals surface area contributed by atoms with Crippen molar-refractivity contribution in [2.45, 2.75) is 50.4 Å². The number of carboxylic acid groups (broad SMARTS) is 1. The molecule has 0 radical (unpaired) electrons. The first-order valence-electron chi connectivity index (χ1n) is 9.22. The minimum Gasteiger partial charge on any atom is -0.480 e. The topological polar surface area (TPSA) is 171 Å². The van der Waals surface area contributed by atoms with Gasteiger partial charge in [-0.15, -0.1) is 0 Å². The summed E-state index contributed by atoms with van der Waals surface area (Å²) in [4.78, 5) is 56.8. The van der Waals surface area contributed by atoms with Gasteiger partial charge in [0, 0.05) is 30.6 Å². The number of carbonyl (C=O) groups is 4. The Morgan fingerprint density at radius 3 is 2.72 bits per heavy atom. The second-order valence-corrected chi connectivity index (χ2v) is 7.25. The molecule has 1 saturated heterocycles. The molecule has 29 heavy (non-hydrogen) atoms. The van der Waals surface area contributed by atoms with Crippen LogP contribution < -0.4 is 16.4 Å². The Morgan fingerprint density at radius 1 is 1.41 bits per heavy atom. The molecule has 1 aromatic heterocycles. The van der Waals surface area contributed by atoms with Gasteiger partial charge in [-0.2, -0.15) is 12.6 Å². The van der Waals surface area contributed by atoms with Crippen molar-refractivity contribution in [1.29, 1.82) is 0 Å². The highest BCUT2D eigenvalue weighted by molar-refractivity contribution is 7.80. The summed E-state index contributed by atoms with van der Waals surface area (Å²) < 4.78 is 0. The van der Waals surface area contributed by atoms with Gasteiger partial charge in [0.1, 0.15) is 18.1 Å². The maximum Gasteiger partial charge on any atom is 0.326 e. The van der Waals surface area contributed by atoms with Crippen molar-refractivity contribution in [1.82, 2.24) is 25.5 Å². The van der Waals surface area contributed by atoms with Crippen molar-refractivity contribution in [2.24, 2.45) is 5.73 Å². The number of likely N-dealkylation sites (tertiary alicyclic amines) is 1. The normalized spacial score (nSPS) is 19.3. The monoisotopic (exact) mass is 426 g/mol. The van der Waals surface area contributed by atoms with E-state index in [-0.39, 0.29) is 12.2 Å². The van der Waals surface area contributed by atoms with Crippen molar-refractivity contribution in [3.05, 3.63) is 18.2 Å². The van der Waals surface area contributed by atoms with Crippen molar-refractivity contribution in [3.63, 3.8) is 0 Å². The lowest BCUT2D eigenvalue weighted by molar-refractivity contribution is -0.144. The molecule has 0 aliphatic carbocycles. The second kappa shape index (κ2) is 10.3. The zero-order valence-corrected chi connectivity index (χ0v) is 16.9. The van der Waals surface area contributed by atoms with E-state index in [2.05, 4.69) is 33.2 Å². The number of aromatic amines is 1. The van der Waals surface area contributed by atoms with E-state index in [4.69, 9.17) is 5.73 Å². The van der Waals surface area contributed by atoms with Gasteiger partial charge in [-0.05, 0) is 19.8 Å². The number of hydrogen-bond acceptors (Lipinski definition) is 7. The molecule has 1 aliphatic rings. The Hall–Kier alpha value is -2.60. The molecule has 2 rings (SSSR count). The number of H-pyrrole nitrogens is 1. The van der Waals surface area contributed by atoms with Crippen LogP contribution in [0.2, 0.25) is 0 Å². The van der Waals surface area contributed by atoms with Gasteiger partial charge in [0.25, 0.3) is 0 Å². The highest BCUT2D eigenvalue weighted by Gasteiger charge is 2.38. The van der Waals surface area contributed by atoms with Crippen LogP contribution in [0.1, 0.15) is 25.5 Å². The molecule has 0 saturated carbocycles. The summed E-state index contributed by atoms with van der Waals surface area (Å²) in [6.45, 7) is 1.85. The maximum absolute atomic E-state index is 12.7. The van der Waals surface area contributed by atoms with E-state index in [1.54, 1.807) is 0 Å². The molecule has 1 aliphatic heterocycles. The molecule has 6 N–H and O–H groups in total. The number of imidazole rings is 1. The zero-order valence-electron chi connectivity index (χ0n) is 16.0. The molecule has 11 nitrogen and oxygen atoms in total. The van der Waals surface area contributed by atoms with Gasteiger partial charge in [0.05, 0.1) is 12.4 Å². The molecule has 2 heterocycles. The first-order valence-corrected chi connectivity index (χ1v) is 9.85. The first-order chi connectivity index (χ1) is 13.7. The third-order valence-electron chi connectivity index (χ3n) is 4.69. The van der Waals surface area contributed by atoms with Gasteiger partial charge in [-0.25, -0.2) is 9.78 Å². The standard InChI is InChI=1S/C17H26N6O5S/c1-9(21-14(24)11(18)7-29)16(26)23-4-2-3-13(23)15(25)22-12(17(27)28)5-10-6-19-8-20-10/h6,8-9,11-13,29H,2-5,7,18H2,1H3,(H,19,20)(H,21,24)(H,22,25)(H,27,28). The van der Waals surface area contributed by atoms with E-state index >= 15 is 0 Å². The Kier molecular flexibility index (Phi) is 8.02. The largest absolute Gasteiger partial charge is 0.480 e. The molecular weight excluding hydrogens is 400 g/mol. The molecule has 4 atom stereocenters. The number of nitrogens with one attached hydrogen (secondary N) is 3. The summed E-state index contributed by atoms with van der Waals surface area (Å²) in [6.07, 6.45) is 3.94. The second-order valence-electron chi connectivity index (χ2n) is 6.89. The SMILES string of the molecule is CC(NC(=O)C(N)CS)C(=O)N1CCCC1C(=O)NC(Cc1cnc[nH]1)C(=O)O. The Morgan fingerprint density at radius 2 is 2.14 bits per heavy atom. The minimum atomic E-state index is -1.19. The van der Waals surface area contributed by atoms with Gasteiger partial charge in [-0.3, -0.25) is 14.4 Å². The van der Waals surface area contributed by atoms with Crippen molar-refractivity contribution < 1.29 is 24.3 Å². The number of carboxylic acids is 1. The fraction of sp³-hybridized carbons (Fsp3) is 0.588. The molecule has 0 bridgehead atoms. The number of carbonyl (C=O) groups excluding carboxylic acids is 3. The molecule has 1 aromatic rings. The number of rotatable bonds is 9. The highest BCUT2D eigenvalue weighted by atomic mass is 32.1. The first kappa shape index (κ1) is 22.7. The third-order valence-corrected chi connectivity index (χ3v) is 5.09. The number of hydrogen-bond donors (Lipinski definition) is 6. The van der Waals surface area contributed by atoms with E-state index in [9.17, 15) is 24.3 Å². The van der Waals surface area contributed by atoms with Crippen molar-refractivity contribution >= 4 is 36.3 Å². The van der Waals surface area contributed by atoms with E-state index in [1.807, 2.05) is 0 Å². The van der Waals surface area contributed by atoms with Crippen LogP contribution in [-0.4, -0.2) is 80.1 Å². The molecule has 0 aromatic carbocycles. The van der Waals surface area contributed by atoms with Crippen LogP contribution in [0.15, 0.2) is 12.5 Å². The molecule has 1 fully saturated rings. The van der Waals surface area contributed by atoms with Crippen molar-refractivity contribution in [2.75, 3.05) is 12.3 Å². The minimum absolute atomic E-state index is 0.0375. The van der Waals surface area contributed by atoms with Crippen LogP contribution in [0.25, 0.3) is 0 Å². The predicted molar refractivity (Wildman–Crippen MR) is 106 cm³/mol. The summed E-state index contributed by atoms with van der Waals surface area (Å²) in [5, 5.41) is 14.4. The average molecular weight is 426 g/mol. The summed E-state index contributed by atoms with van der Waals surface area (Å²) in [5.74, 6) is -2.54. The fourth-order valence-electron chi connectivity index (χ4n) is 3.10. The molecule has 12 heteroatoms. The molecule has 160 valence electrons. The van der Waals surface area contributed by atoms with Crippen LogP contribution in [-0.2, 0) is 25.6 Å². The van der Waals surface area contributed by atoms with Gasteiger partial charge < -0.3 is 31.4 Å². The van der Waals surface area contributed by atoms with E-state index in [0.29, 0.717) is 25.1 Å². The smallest absolute Gasteiger partial charge is 0.326 e. The van der Waals surface area contributed by atoms with Crippen LogP contribution in [0, 0.1) is 0 Å². The third kappa shape index (κ3) is 5.94. The summed E-state index contributed by atoms with van der Waals surface area (Å²) in [7, 11) is 0. The molecule has 3 amide bonds. The van der Waals surface area contributed by atoms with Gasteiger partial charge in [-0.1, -0.05) is 0 Å². The molecule has 4 unspecified atom stereocenters. The summed E-state index contributed by atoms with van der Waals surface area (Å²) in [6, 6.07) is -3.68. The lowest BCUT2D eigenvalue weighted by Gasteiger charge is -2.28. The van der Waals surface area contributed by atoms with Crippen LogP contribution in [0.5, 0.6) is 0 Å². The van der Waals surface area contributed by atoms with Gasteiger partial charge in [0.15, 0.2) is 0 Å². The number of nitrogens with zero attached hydrogens (tertiary/aromatic N) is 2. The van der Waals surface area contributed by atoms with Crippen LogP contribution >= 0.6 is 12.6 Å². The molecule has 0 spiro atoms. The molecular formula is C17H26N6O5S. The number of amides is 3. The van der Waals surface area contributed by atoms with Crippen LogP contribution in [0.3, 0.4) is 0 Å². The summed E-state index contributed by atoms with van der Waals surface area (Å²) >= 11 is 3.95. The zero-order chi connectivity index (χ0) is 21.6. The van der Waals surface area contributed by atoms with Crippen molar-refractivity contribution in [3.8, 4) is 0 Å². The summed E-state index contributed by atoms with van der Waals surface area (Å²) in [5.41, 5.74) is 6.16. The highest BCUT2D eigenvalue weighted by Crippen LogP contribution is 2.19. The Balaban J connectivity index is 2.00. The number of aliphatic carboxylic acids is 1. The lowest BCUT2D eigenvalue weighted by Crippen LogP contribution is -2.56. The van der Waals surface area contributed by atoms with E-state index < -0.39 is 47.9 Å². The predicted octanol–water partition coefficient (Wildman–Crippen LogP) is -1.73. The Bertz CT molecular complexity index is 743. The van der Waals surface area contributed by atoms with E-state index in [0.717, 1.165) is 0 Å². The lowest BCUT2D eigenvalue weighted by atomic mass is 10.1. The number of thiol groups is 1. The number of nitrogens with two attached hydrogens (primary N) is 1. The average Bonchev–Trinajstić information content (AvgIpc) is 3.37. The maximum atomic E-state index is 12.7. The number of aromatic nitrogens is 2.